The number of benzene rings is 2. The van der Waals surface area contributed by atoms with Gasteiger partial charge in [-0.15, -0.1) is 10.2 Å². The van der Waals surface area contributed by atoms with E-state index in [0.717, 1.165) is 23.1 Å². The molecular weight excluding hydrogens is 458 g/mol. The number of nitro benzene ring substituents is 1. The van der Waals surface area contributed by atoms with Gasteiger partial charge in [-0.25, -0.2) is 0 Å². The number of nitrogens with one attached hydrogen (secondary N) is 2. The van der Waals surface area contributed by atoms with E-state index in [-0.39, 0.29) is 34.8 Å². The summed E-state index contributed by atoms with van der Waals surface area (Å²) in [6.07, 6.45) is 0. The number of amides is 2. The molecule has 2 aromatic carbocycles. The number of carbonyl (C=O) groups excluding carboxylic acids is 2. The van der Waals surface area contributed by atoms with Gasteiger partial charge in [0.25, 0.3) is 11.6 Å². The normalized spacial score (nSPS) is 11.8. The lowest BCUT2D eigenvalue weighted by molar-refractivity contribution is -0.385. The topological polar surface area (TPSA) is 146 Å². The molecule has 0 spiro atoms. The maximum absolute atomic E-state index is 12.4. The van der Waals surface area contributed by atoms with E-state index in [4.69, 9.17) is 9.47 Å². The van der Waals surface area contributed by atoms with E-state index in [1.165, 1.54) is 18.2 Å². The zero-order chi connectivity index (χ0) is 22.7. The van der Waals surface area contributed by atoms with Crippen LogP contribution in [-0.4, -0.2) is 39.5 Å². The van der Waals surface area contributed by atoms with Gasteiger partial charge in [0, 0.05) is 28.9 Å². The molecule has 164 valence electrons. The van der Waals surface area contributed by atoms with Crippen molar-refractivity contribution in [3.63, 3.8) is 0 Å². The van der Waals surface area contributed by atoms with Crippen LogP contribution in [0.3, 0.4) is 0 Å². The van der Waals surface area contributed by atoms with Crippen molar-refractivity contribution in [3.8, 4) is 11.5 Å². The molecule has 0 unspecified atom stereocenters. The van der Waals surface area contributed by atoms with Crippen molar-refractivity contribution in [1.29, 1.82) is 0 Å². The van der Waals surface area contributed by atoms with Crippen LogP contribution in [0, 0.1) is 17.0 Å². The molecule has 0 radical (unpaired) electrons. The van der Waals surface area contributed by atoms with E-state index in [0.29, 0.717) is 27.1 Å². The van der Waals surface area contributed by atoms with E-state index < -0.39 is 10.8 Å². The molecule has 0 aliphatic carbocycles. The second kappa shape index (κ2) is 9.20. The largest absolute Gasteiger partial charge is 0.454 e. The number of thioether (sulfide) groups is 1. The third kappa shape index (κ3) is 4.95. The van der Waals surface area contributed by atoms with Gasteiger partial charge in [-0.05, 0) is 25.1 Å². The van der Waals surface area contributed by atoms with E-state index in [9.17, 15) is 19.7 Å². The number of aromatic nitrogens is 2. The van der Waals surface area contributed by atoms with Gasteiger partial charge in [0.1, 0.15) is 0 Å². The van der Waals surface area contributed by atoms with Crippen molar-refractivity contribution < 1.29 is 24.0 Å². The Kier molecular flexibility index (Phi) is 6.18. The molecule has 4 rings (SSSR count). The molecule has 1 aromatic heterocycles. The monoisotopic (exact) mass is 473 g/mol. The minimum absolute atomic E-state index is 0.0845. The van der Waals surface area contributed by atoms with Crippen molar-refractivity contribution in [2.45, 2.75) is 11.3 Å². The first kappa shape index (κ1) is 21.5. The summed E-state index contributed by atoms with van der Waals surface area (Å²) in [5.74, 6) is 0.490. The Hall–Kier alpha value is -3.71. The SMILES string of the molecule is Cc1ccc(C(=O)Nc2nnc(SCC(=O)Nc3ccc4c(c3)OCO4)s2)cc1[N+](=O)[O-]. The van der Waals surface area contributed by atoms with Gasteiger partial charge in [0.05, 0.1) is 10.7 Å². The molecule has 13 heteroatoms. The standard InChI is InChI=1S/C19H15N5O6S2/c1-10-2-3-11(6-13(10)24(27)28)17(26)21-18-22-23-19(32-18)31-8-16(25)20-12-4-5-14-15(7-12)30-9-29-14/h2-7H,8-9H2,1H3,(H,20,25)(H,21,22,26). The van der Waals surface area contributed by atoms with E-state index in [1.807, 2.05) is 0 Å². The lowest BCUT2D eigenvalue weighted by Crippen LogP contribution is -2.13. The molecule has 0 atom stereocenters. The summed E-state index contributed by atoms with van der Waals surface area (Å²) in [6, 6.07) is 9.32. The molecule has 1 aliphatic heterocycles. The zero-order valence-electron chi connectivity index (χ0n) is 16.5. The number of nitrogens with zero attached hydrogens (tertiary/aromatic N) is 3. The number of rotatable bonds is 7. The number of carbonyl (C=O) groups is 2. The van der Waals surface area contributed by atoms with Gasteiger partial charge < -0.3 is 14.8 Å². The quantitative estimate of drug-likeness (QED) is 0.228. The van der Waals surface area contributed by atoms with Gasteiger partial charge >= 0.3 is 0 Å². The van der Waals surface area contributed by atoms with Crippen LogP contribution < -0.4 is 20.1 Å². The second-order valence-corrected chi connectivity index (χ2v) is 8.69. The first-order valence-electron chi connectivity index (χ1n) is 9.11. The summed E-state index contributed by atoms with van der Waals surface area (Å²) in [5, 5.41) is 24.4. The Bertz CT molecular complexity index is 1210. The summed E-state index contributed by atoms with van der Waals surface area (Å²) in [6.45, 7) is 1.75. The molecule has 1 aliphatic rings. The molecule has 2 heterocycles. The summed E-state index contributed by atoms with van der Waals surface area (Å²) in [4.78, 5) is 35.1. The minimum Gasteiger partial charge on any atom is -0.454 e. The van der Waals surface area contributed by atoms with Gasteiger partial charge in [-0.1, -0.05) is 29.2 Å². The summed E-state index contributed by atoms with van der Waals surface area (Å²) in [7, 11) is 0. The highest BCUT2D eigenvalue weighted by atomic mass is 32.2. The van der Waals surface area contributed by atoms with Crippen molar-refractivity contribution in [2.75, 3.05) is 23.2 Å². The van der Waals surface area contributed by atoms with Crippen molar-refractivity contribution in [3.05, 3.63) is 57.6 Å². The fourth-order valence-corrected chi connectivity index (χ4v) is 4.28. The predicted molar refractivity (Wildman–Crippen MR) is 118 cm³/mol. The summed E-state index contributed by atoms with van der Waals surface area (Å²) in [5.41, 5.74) is 1.03. The smallest absolute Gasteiger partial charge is 0.273 e. The maximum atomic E-state index is 12.4. The maximum Gasteiger partial charge on any atom is 0.273 e. The van der Waals surface area contributed by atoms with Crippen LogP contribution >= 0.6 is 23.1 Å². The predicted octanol–water partition coefficient (Wildman–Crippen LogP) is 3.47. The number of anilines is 2. The van der Waals surface area contributed by atoms with Crippen LogP contribution in [0.2, 0.25) is 0 Å². The van der Waals surface area contributed by atoms with Gasteiger partial charge in [-0.3, -0.25) is 25.0 Å². The van der Waals surface area contributed by atoms with Crippen LogP contribution in [0.15, 0.2) is 40.7 Å². The molecule has 32 heavy (non-hydrogen) atoms. The van der Waals surface area contributed by atoms with Crippen LogP contribution in [0.1, 0.15) is 15.9 Å². The first-order chi connectivity index (χ1) is 15.4. The molecule has 2 amide bonds. The lowest BCUT2D eigenvalue weighted by Gasteiger charge is -2.05. The molecule has 2 N–H and O–H groups in total. The average molecular weight is 473 g/mol. The van der Waals surface area contributed by atoms with Crippen molar-refractivity contribution >= 4 is 51.4 Å². The third-order valence-electron chi connectivity index (χ3n) is 4.28. The number of hydrogen-bond acceptors (Lipinski definition) is 10. The van der Waals surface area contributed by atoms with Gasteiger partial charge in [0.15, 0.2) is 15.8 Å². The summed E-state index contributed by atoms with van der Waals surface area (Å²) >= 11 is 2.25. The highest BCUT2D eigenvalue weighted by Gasteiger charge is 2.17. The highest BCUT2D eigenvalue weighted by Crippen LogP contribution is 2.34. The average Bonchev–Trinajstić information content (AvgIpc) is 3.41. The number of fused-ring (bicyclic) bond motifs is 1. The number of nitro groups is 1. The minimum atomic E-state index is -0.541. The fourth-order valence-electron chi connectivity index (χ4n) is 2.73. The Labute approximate surface area is 189 Å². The Morgan fingerprint density at radius 2 is 1.97 bits per heavy atom. The Balaban J connectivity index is 1.31. The van der Waals surface area contributed by atoms with E-state index in [1.54, 1.807) is 25.1 Å². The first-order valence-corrected chi connectivity index (χ1v) is 10.9. The van der Waals surface area contributed by atoms with Crippen LogP contribution in [0.25, 0.3) is 0 Å². The Morgan fingerprint density at radius 3 is 2.78 bits per heavy atom. The van der Waals surface area contributed by atoms with Gasteiger partial charge in [0.2, 0.25) is 17.8 Å². The Morgan fingerprint density at radius 1 is 1.16 bits per heavy atom. The van der Waals surface area contributed by atoms with Crippen LogP contribution in [-0.2, 0) is 4.79 Å². The highest BCUT2D eigenvalue weighted by molar-refractivity contribution is 8.01. The number of aryl methyl sites for hydroxylation is 1. The second-order valence-electron chi connectivity index (χ2n) is 6.49. The molecule has 11 nitrogen and oxygen atoms in total. The molecular formula is C19H15N5O6S2. The molecule has 0 fully saturated rings. The molecule has 0 saturated carbocycles. The zero-order valence-corrected chi connectivity index (χ0v) is 18.1. The summed E-state index contributed by atoms with van der Waals surface area (Å²) < 4.78 is 11.0. The fraction of sp³-hybridized carbons (Fsp3) is 0.158. The molecule has 3 aromatic rings. The lowest BCUT2D eigenvalue weighted by atomic mass is 10.1. The van der Waals surface area contributed by atoms with E-state index >= 15 is 0 Å². The molecule has 0 saturated heterocycles. The van der Waals surface area contributed by atoms with E-state index in [2.05, 4.69) is 20.8 Å². The molecule has 0 bridgehead atoms. The van der Waals surface area contributed by atoms with Crippen molar-refractivity contribution in [1.82, 2.24) is 10.2 Å². The van der Waals surface area contributed by atoms with Crippen LogP contribution in [0.4, 0.5) is 16.5 Å². The van der Waals surface area contributed by atoms with Crippen molar-refractivity contribution in [2.24, 2.45) is 0 Å². The number of hydrogen-bond donors (Lipinski definition) is 2. The van der Waals surface area contributed by atoms with Crippen LogP contribution in [0.5, 0.6) is 11.5 Å². The van der Waals surface area contributed by atoms with Gasteiger partial charge in [-0.2, -0.15) is 0 Å². The third-order valence-corrected chi connectivity index (χ3v) is 6.25. The number of ether oxygens (including phenoxy) is 2.